The summed E-state index contributed by atoms with van der Waals surface area (Å²) in [5, 5.41) is -0.432. The summed E-state index contributed by atoms with van der Waals surface area (Å²) in [6.07, 6.45) is -1.05. The van der Waals surface area contributed by atoms with Crippen molar-refractivity contribution >= 4 is 57.6 Å². The highest BCUT2D eigenvalue weighted by molar-refractivity contribution is 8.27. The van der Waals surface area contributed by atoms with Gasteiger partial charge in [-0.2, -0.15) is 13.2 Å². The normalized spacial score (nSPS) is 17.0. The predicted molar refractivity (Wildman–Crippen MR) is 112 cm³/mol. The molecule has 28 heavy (non-hydrogen) atoms. The Morgan fingerprint density at radius 1 is 1.18 bits per heavy atom. The fourth-order valence-corrected chi connectivity index (χ4v) is 4.19. The molecule has 8 heteroatoms. The second-order valence-electron chi connectivity index (χ2n) is 5.98. The SMILES string of the molecule is CC(=Cc1ccccc1)C=C1SC(=S)N(c2ccc(Cl)c(C(F)(F)F)c2)C1=O. The van der Waals surface area contributed by atoms with E-state index in [1.165, 1.54) is 6.07 Å². The van der Waals surface area contributed by atoms with Gasteiger partial charge in [0.2, 0.25) is 0 Å². The molecule has 0 bridgehead atoms. The predicted octanol–water partition coefficient (Wildman–Crippen LogP) is 6.71. The Kier molecular flexibility index (Phi) is 5.98. The molecule has 0 aliphatic carbocycles. The van der Waals surface area contributed by atoms with Gasteiger partial charge in [-0.05, 0) is 42.3 Å². The van der Waals surface area contributed by atoms with Crippen molar-refractivity contribution in [3.63, 3.8) is 0 Å². The Morgan fingerprint density at radius 3 is 2.50 bits per heavy atom. The van der Waals surface area contributed by atoms with E-state index in [1.54, 1.807) is 6.08 Å². The van der Waals surface area contributed by atoms with Gasteiger partial charge in [-0.25, -0.2) is 0 Å². The lowest BCUT2D eigenvalue weighted by Crippen LogP contribution is -2.27. The van der Waals surface area contributed by atoms with Crippen LogP contribution in [0.25, 0.3) is 6.08 Å². The van der Waals surface area contributed by atoms with Crippen molar-refractivity contribution in [3.05, 3.63) is 81.2 Å². The first kappa shape index (κ1) is 20.6. The Morgan fingerprint density at radius 2 is 1.86 bits per heavy atom. The summed E-state index contributed by atoms with van der Waals surface area (Å²) in [5.41, 5.74) is 0.815. The topological polar surface area (TPSA) is 20.3 Å². The summed E-state index contributed by atoms with van der Waals surface area (Å²) in [7, 11) is 0. The van der Waals surface area contributed by atoms with Gasteiger partial charge in [0.25, 0.3) is 5.91 Å². The highest BCUT2D eigenvalue weighted by Gasteiger charge is 2.37. The van der Waals surface area contributed by atoms with Crippen molar-refractivity contribution in [2.45, 2.75) is 13.1 Å². The zero-order valence-electron chi connectivity index (χ0n) is 14.5. The first-order chi connectivity index (χ1) is 13.2. The molecule has 0 saturated carbocycles. The highest BCUT2D eigenvalue weighted by Crippen LogP contribution is 2.40. The molecule has 0 radical (unpaired) electrons. The molecule has 1 heterocycles. The molecule has 1 aliphatic heterocycles. The molecule has 2 aromatic rings. The van der Waals surface area contributed by atoms with Gasteiger partial charge in [-0.15, -0.1) is 0 Å². The molecule has 0 unspecified atom stereocenters. The van der Waals surface area contributed by atoms with Crippen molar-refractivity contribution in [2.75, 3.05) is 4.90 Å². The van der Waals surface area contributed by atoms with Crippen LogP contribution in [0.5, 0.6) is 0 Å². The Balaban J connectivity index is 1.91. The summed E-state index contributed by atoms with van der Waals surface area (Å²) in [5.74, 6) is -0.466. The summed E-state index contributed by atoms with van der Waals surface area (Å²) < 4.78 is 39.5. The first-order valence-electron chi connectivity index (χ1n) is 8.05. The molecular formula is C20H13ClF3NOS2. The Hall–Kier alpha value is -2.09. The molecule has 2 nitrogen and oxygen atoms in total. The van der Waals surface area contributed by atoms with E-state index >= 15 is 0 Å². The number of carbonyl (C=O) groups excluding carboxylic acids is 1. The number of halogens is 4. The lowest BCUT2D eigenvalue weighted by molar-refractivity contribution is -0.137. The summed E-state index contributed by atoms with van der Waals surface area (Å²) in [4.78, 5) is 14.2. The number of allylic oxidation sites excluding steroid dienone is 2. The number of amides is 1. The average molecular weight is 440 g/mol. The summed E-state index contributed by atoms with van der Waals surface area (Å²) >= 11 is 11.9. The zero-order valence-corrected chi connectivity index (χ0v) is 16.8. The molecule has 0 atom stereocenters. The number of rotatable bonds is 3. The minimum absolute atomic E-state index is 0.0346. The molecule has 1 fully saturated rings. The number of alkyl halides is 3. The maximum Gasteiger partial charge on any atom is 0.417 e. The van der Waals surface area contributed by atoms with E-state index in [-0.39, 0.29) is 10.0 Å². The second-order valence-corrected chi connectivity index (χ2v) is 8.06. The van der Waals surface area contributed by atoms with E-state index in [2.05, 4.69) is 0 Å². The van der Waals surface area contributed by atoms with E-state index < -0.39 is 22.7 Å². The number of benzene rings is 2. The molecule has 144 valence electrons. The van der Waals surface area contributed by atoms with Gasteiger partial charge < -0.3 is 0 Å². The Bertz CT molecular complexity index is 1000. The van der Waals surface area contributed by atoms with Crippen LogP contribution in [0.1, 0.15) is 18.1 Å². The molecule has 0 aromatic heterocycles. The third-order valence-electron chi connectivity index (χ3n) is 3.86. The minimum Gasteiger partial charge on any atom is -0.268 e. The third-order valence-corrected chi connectivity index (χ3v) is 5.49. The van der Waals surface area contributed by atoms with Gasteiger partial charge in [0.15, 0.2) is 4.32 Å². The average Bonchev–Trinajstić information content (AvgIpc) is 2.89. The van der Waals surface area contributed by atoms with Crippen molar-refractivity contribution in [1.82, 2.24) is 0 Å². The van der Waals surface area contributed by atoms with Crippen LogP contribution in [-0.4, -0.2) is 10.2 Å². The van der Waals surface area contributed by atoms with Gasteiger partial charge in [0, 0.05) is 0 Å². The maximum atomic E-state index is 13.1. The van der Waals surface area contributed by atoms with Crippen LogP contribution >= 0.6 is 35.6 Å². The molecule has 3 rings (SSSR count). The molecule has 0 spiro atoms. The van der Waals surface area contributed by atoms with Gasteiger partial charge >= 0.3 is 6.18 Å². The van der Waals surface area contributed by atoms with Crippen molar-refractivity contribution in [2.24, 2.45) is 0 Å². The number of thiocarbonyl (C=S) groups is 1. The van der Waals surface area contributed by atoms with E-state index in [0.717, 1.165) is 39.9 Å². The van der Waals surface area contributed by atoms with E-state index in [0.29, 0.717) is 4.91 Å². The summed E-state index contributed by atoms with van der Waals surface area (Å²) in [6.45, 7) is 1.84. The number of nitrogens with zero attached hydrogens (tertiary/aromatic N) is 1. The van der Waals surface area contributed by atoms with Gasteiger partial charge in [-0.1, -0.05) is 72.0 Å². The van der Waals surface area contributed by atoms with Crippen molar-refractivity contribution < 1.29 is 18.0 Å². The van der Waals surface area contributed by atoms with E-state index in [4.69, 9.17) is 23.8 Å². The van der Waals surface area contributed by atoms with Crippen LogP contribution in [-0.2, 0) is 11.0 Å². The fourth-order valence-electron chi connectivity index (χ4n) is 2.62. The number of hydrogen-bond donors (Lipinski definition) is 0. The standard InChI is InChI=1S/C20H13ClF3NOS2/c1-12(9-13-5-3-2-4-6-13)10-17-18(26)25(19(27)28-17)14-7-8-16(21)15(11-14)20(22,23)24/h2-11H,1H3. The quantitative estimate of drug-likeness (QED) is 0.391. The number of anilines is 1. The minimum atomic E-state index is -4.63. The lowest BCUT2D eigenvalue weighted by Gasteiger charge is -2.17. The van der Waals surface area contributed by atoms with E-state index in [9.17, 15) is 18.0 Å². The largest absolute Gasteiger partial charge is 0.417 e. The smallest absolute Gasteiger partial charge is 0.268 e. The fraction of sp³-hybridized carbons (Fsp3) is 0.100. The third kappa shape index (κ3) is 4.48. The monoisotopic (exact) mass is 439 g/mol. The van der Waals surface area contributed by atoms with Crippen LogP contribution in [0.4, 0.5) is 18.9 Å². The molecule has 1 saturated heterocycles. The molecule has 1 aliphatic rings. The van der Waals surface area contributed by atoms with Crippen molar-refractivity contribution in [1.29, 1.82) is 0 Å². The van der Waals surface area contributed by atoms with Crippen LogP contribution in [0.3, 0.4) is 0 Å². The second kappa shape index (κ2) is 8.11. The Labute approximate surface area is 174 Å². The molecular weight excluding hydrogens is 427 g/mol. The van der Waals surface area contributed by atoms with Gasteiger partial charge in [0.05, 0.1) is 21.2 Å². The first-order valence-corrected chi connectivity index (χ1v) is 9.65. The van der Waals surface area contributed by atoms with Crippen LogP contribution in [0.15, 0.2) is 65.1 Å². The number of carbonyl (C=O) groups is 1. The lowest BCUT2D eigenvalue weighted by atomic mass is 10.1. The molecule has 0 N–H and O–H groups in total. The van der Waals surface area contributed by atoms with Gasteiger partial charge in [-0.3, -0.25) is 9.69 Å². The van der Waals surface area contributed by atoms with Gasteiger partial charge in [0.1, 0.15) is 0 Å². The van der Waals surface area contributed by atoms with E-state index in [1.807, 2.05) is 43.3 Å². The van der Waals surface area contributed by atoms with Crippen LogP contribution in [0.2, 0.25) is 5.02 Å². The highest BCUT2D eigenvalue weighted by atomic mass is 35.5. The summed E-state index contributed by atoms with van der Waals surface area (Å²) in [6, 6.07) is 12.8. The van der Waals surface area contributed by atoms with Crippen LogP contribution in [0, 0.1) is 0 Å². The molecule has 1 amide bonds. The number of hydrogen-bond acceptors (Lipinski definition) is 3. The van der Waals surface area contributed by atoms with Crippen molar-refractivity contribution in [3.8, 4) is 0 Å². The zero-order chi connectivity index (χ0) is 20.5. The number of thioether (sulfide) groups is 1. The molecule has 2 aromatic carbocycles. The van der Waals surface area contributed by atoms with Crippen LogP contribution < -0.4 is 4.90 Å². The maximum absolute atomic E-state index is 13.1.